The van der Waals surface area contributed by atoms with Crippen LogP contribution in [-0.4, -0.2) is 42.8 Å². The molecule has 0 aliphatic carbocycles. The number of benzene rings is 2. The Hall–Kier alpha value is -3.62. The standard InChI is InChI=1S/2C6H5N3.C4H4O3/c2*1-2-4-6-5(3-1)7-9-8-6;5-3-1-2-4(6)7-3/h2*1-4H,(H,7,8,9);1-2H2. The molecule has 0 spiro atoms. The molecule has 126 valence electrons. The molecule has 1 aliphatic heterocycles. The Balaban J connectivity index is 0.000000111. The molecule has 2 aromatic heterocycles. The zero-order valence-electron chi connectivity index (χ0n) is 13.0. The van der Waals surface area contributed by atoms with Gasteiger partial charge < -0.3 is 4.74 Å². The molecule has 1 aliphatic rings. The number of hydrogen-bond acceptors (Lipinski definition) is 7. The van der Waals surface area contributed by atoms with E-state index < -0.39 is 11.9 Å². The monoisotopic (exact) mass is 338 g/mol. The van der Waals surface area contributed by atoms with Gasteiger partial charge in [0.25, 0.3) is 0 Å². The topological polar surface area (TPSA) is 127 Å². The van der Waals surface area contributed by atoms with Crippen LogP contribution in [0.15, 0.2) is 48.5 Å². The van der Waals surface area contributed by atoms with Crippen molar-refractivity contribution in [3.63, 3.8) is 0 Å². The highest BCUT2D eigenvalue weighted by atomic mass is 16.6. The molecule has 1 fully saturated rings. The first-order valence-electron chi connectivity index (χ1n) is 7.47. The first-order valence-corrected chi connectivity index (χ1v) is 7.47. The van der Waals surface area contributed by atoms with Gasteiger partial charge in [0.1, 0.15) is 11.0 Å². The smallest absolute Gasteiger partial charge is 0.314 e. The minimum absolute atomic E-state index is 0.263. The number of hydrogen-bond donors (Lipinski definition) is 2. The summed E-state index contributed by atoms with van der Waals surface area (Å²) in [6, 6.07) is 15.5. The Morgan fingerprint density at radius 1 is 0.720 bits per heavy atom. The average Bonchev–Trinajstić information content (AvgIpc) is 3.36. The van der Waals surface area contributed by atoms with Gasteiger partial charge in [-0.3, -0.25) is 19.8 Å². The first kappa shape index (κ1) is 16.2. The number of cyclic esters (lactones) is 2. The van der Waals surface area contributed by atoms with E-state index in [0.29, 0.717) is 0 Å². The average molecular weight is 338 g/mol. The van der Waals surface area contributed by atoms with Crippen molar-refractivity contribution in [2.45, 2.75) is 12.8 Å². The number of para-hydroxylation sites is 2. The van der Waals surface area contributed by atoms with E-state index in [9.17, 15) is 9.59 Å². The molecule has 5 rings (SSSR count). The van der Waals surface area contributed by atoms with Crippen LogP contribution in [-0.2, 0) is 14.3 Å². The number of rotatable bonds is 0. The van der Waals surface area contributed by atoms with E-state index in [4.69, 9.17) is 0 Å². The van der Waals surface area contributed by atoms with Crippen molar-refractivity contribution >= 4 is 34.0 Å². The van der Waals surface area contributed by atoms with Gasteiger partial charge in [-0.15, -0.1) is 10.2 Å². The van der Waals surface area contributed by atoms with Crippen molar-refractivity contribution in [3.8, 4) is 0 Å². The van der Waals surface area contributed by atoms with Crippen LogP contribution in [0.25, 0.3) is 22.1 Å². The number of aromatic amines is 2. The number of ether oxygens (including phenoxy) is 1. The summed E-state index contributed by atoms with van der Waals surface area (Å²) in [7, 11) is 0. The van der Waals surface area contributed by atoms with Gasteiger partial charge in [-0.25, -0.2) is 0 Å². The van der Waals surface area contributed by atoms with Gasteiger partial charge in [0.05, 0.1) is 23.9 Å². The molecule has 9 nitrogen and oxygen atoms in total. The van der Waals surface area contributed by atoms with Gasteiger partial charge in [-0.1, -0.05) is 34.7 Å². The van der Waals surface area contributed by atoms with Gasteiger partial charge in [-0.2, -0.15) is 0 Å². The van der Waals surface area contributed by atoms with Crippen LogP contribution in [0.3, 0.4) is 0 Å². The quantitative estimate of drug-likeness (QED) is 0.369. The van der Waals surface area contributed by atoms with Crippen LogP contribution >= 0.6 is 0 Å². The molecule has 0 amide bonds. The van der Waals surface area contributed by atoms with Crippen molar-refractivity contribution < 1.29 is 14.3 Å². The zero-order chi connectivity index (χ0) is 17.5. The summed E-state index contributed by atoms with van der Waals surface area (Å²) in [4.78, 5) is 20.0. The lowest BCUT2D eigenvalue weighted by Gasteiger charge is -1.79. The van der Waals surface area contributed by atoms with Gasteiger partial charge in [-0.05, 0) is 24.3 Å². The Bertz CT molecular complexity index is 853. The maximum absolute atomic E-state index is 10.0. The molecule has 2 aromatic carbocycles. The number of nitrogens with one attached hydrogen (secondary N) is 2. The number of carbonyl (C=O) groups is 2. The number of nitrogens with zero attached hydrogens (tertiary/aromatic N) is 4. The van der Waals surface area contributed by atoms with Crippen molar-refractivity contribution in [2.24, 2.45) is 0 Å². The predicted molar refractivity (Wildman–Crippen MR) is 88.1 cm³/mol. The van der Waals surface area contributed by atoms with Crippen LogP contribution in [0, 0.1) is 0 Å². The maximum atomic E-state index is 10.0. The van der Waals surface area contributed by atoms with Crippen LogP contribution < -0.4 is 0 Å². The van der Waals surface area contributed by atoms with E-state index in [1.165, 1.54) is 0 Å². The number of carbonyl (C=O) groups excluding carboxylic acids is 2. The first-order chi connectivity index (χ1) is 12.2. The molecular formula is C16H14N6O3. The second-order valence-electron chi connectivity index (χ2n) is 5.00. The molecule has 4 aromatic rings. The van der Waals surface area contributed by atoms with E-state index in [2.05, 4.69) is 35.6 Å². The van der Waals surface area contributed by atoms with Gasteiger partial charge in [0.15, 0.2) is 0 Å². The number of esters is 2. The molecule has 9 heteroatoms. The summed E-state index contributed by atoms with van der Waals surface area (Å²) in [5.74, 6) is -0.796. The Morgan fingerprint density at radius 2 is 1.16 bits per heavy atom. The van der Waals surface area contributed by atoms with Crippen LogP contribution in [0.1, 0.15) is 12.8 Å². The largest absolute Gasteiger partial charge is 0.393 e. The number of fused-ring (bicyclic) bond motifs is 2. The Labute approximate surface area is 141 Å². The Morgan fingerprint density at radius 3 is 1.52 bits per heavy atom. The second-order valence-corrected chi connectivity index (χ2v) is 5.00. The summed E-state index contributed by atoms with van der Waals surface area (Å²) in [5.41, 5.74) is 3.80. The molecule has 0 bridgehead atoms. The molecule has 0 unspecified atom stereocenters. The minimum atomic E-state index is -0.398. The third-order valence-electron chi connectivity index (χ3n) is 3.23. The Kier molecular flexibility index (Phi) is 5.05. The van der Waals surface area contributed by atoms with Gasteiger partial charge in [0, 0.05) is 0 Å². The van der Waals surface area contributed by atoms with Crippen molar-refractivity contribution in [2.75, 3.05) is 0 Å². The SMILES string of the molecule is O=C1CCC(=O)O1.c1ccc2[nH]nnc2c1.c1ccc2[nH]nnc2c1. The molecule has 2 N–H and O–H groups in total. The normalized spacial score (nSPS) is 13.0. The van der Waals surface area contributed by atoms with Gasteiger partial charge >= 0.3 is 11.9 Å². The van der Waals surface area contributed by atoms with E-state index in [1.807, 2.05) is 48.5 Å². The van der Waals surface area contributed by atoms with Gasteiger partial charge in [0.2, 0.25) is 0 Å². The number of H-pyrrole nitrogens is 2. The molecule has 3 heterocycles. The molecule has 0 atom stereocenters. The van der Waals surface area contributed by atoms with Crippen LogP contribution in [0.4, 0.5) is 0 Å². The second kappa shape index (κ2) is 7.77. The van der Waals surface area contributed by atoms with Crippen molar-refractivity contribution in [1.29, 1.82) is 0 Å². The van der Waals surface area contributed by atoms with E-state index >= 15 is 0 Å². The lowest BCUT2D eigenvalue weighted by atomic mass is 10.3. The lowest BCUT2D eigenvalue weighted by Crippen LogP contribution is -1.94. The summed E-state index contributed by atoms with van der Waals surface area (Å²) >= 11 is 0. The van der Waals surface area contributed by atoms with E-state index in [0.717, 1.165) is 22.1 Å². The molecule has 0 saturated carbocycles. The highest BCUT2D eigenvalue weighted by molar-refractivity contribution is 5.92. The maximum Gasteiger partial charge on any atom is 0.314 e. The molecule has 25 heavy (non-hydrogen) atoms. The minimum Gasteiger partial charge on any atom is -0.393 e. The summed E-state index contributed by atoms with van der Waals surface area (Å²) < 4.78 is 4.08. The highest BCUT2D eigenvalue weighted by Crippen LogP contribution is 2.05. The van der Waals surface area contributed by atoms with Crippen molar-refractivity contribution in [3.05, 3.63) is 48.5 Å². The predicted octanol–water partition coefficient (Wildman–Crippen LogP) is 1.77. The fourth-order valence-electron chi connectivity index (χ4n) is 2.01. The third-order valence-corrected chi connectivity index (χ3v) is 3.23. The van der Waals surface area contributed by atoms with Crippen molar-refractivity contribution in [1.82, 2.24) is 30.8 Å². The summed E-state index contributed by atoms with van der Waals surface area (Å²) in [6.07, 6.45) is 0.525. The summed E-state index contributed by atoms with van der Waals surface area (Å²) in [6.45, 7) is 0. The fourth-order valence-corrected chi connectivity index (χ4v) is 2.01. The number of aromatic nitrogens is 6. The highest BCUT2D eigenvalue weighted by Gasteiger charge is 2.19. The third kappa shape index (κ3) is 4.44. The van der Waals surface area contributed by atoms with E-state index in [1.54, 1.807) is 0 Å². The lowest BCUT2D eigenvalue weighted by molar-refractivity contribution is -0.151. The fraction of sp³-hybridized carbons (Fsp3) is 0.125. The molecule has 1 saturated heterocycles. The molecule has 0 radical (unpaired) electrons. The van der Waals surface area contributed by atoms with E-state index in [-0.39, 0.29) is 12.8 Å². The molecular weight excluding hydrogens is 324 g/mol. The zero-order valence-corrected chi connectivity index (χ0v) is 13.0. The summed E-state index contributed by atoms with van der Waals surface area (Å²) in [5, 5.41) is 20.4. The van der Waals surface area contributed by atoms with Crippen LogP contribution in [0.5, 0.6) is 0 Å². The van der Waals surface area contributed by atoms with Crippen LogP contribution in [0.2, 0.25) is 0 Å².